The van der Waals surface area contributed by atoms with Gasteiger partial charge in [0.05, 0.1) is 7.11 Å². The fourth-order valence-corrected chi connectivity index (χ4v) is 3.51. The average molecular weight is 400 g/mol. The molecule has 1 aliphatic rings. The summed E-state index contributed by atoms with van der Waals surface area (Å²) in [6.45, 7) is 4.73. The van der Waals surface area contributed by atoms with Gasteiger partial charge in [-0.15, -0.1) is 0 Å². The molecule has 1 aliphatic heterocycles. The van der Waals surface area contributed by atoms with Crippen molar-refractivity contribution in [3.8, 4) is 0 Å². The molecule has 0 aromatic carbocycles. The molecule has 29 heavy (non-hydrogen) atoms. The van der Waals surface area contributed by atoms with Gasteiger partial charge in [-0.05, 0) is 38.0 Å². The van der Waals surface area contributed by atoms with Gasteiger partial charge >= 0.3 is 0 Å². The highest BCUT2D eigenvalue weighted by Crippen LogP contribution is 2.23. The molecule has 0 fully saturated rings. The minimum atomic E-state index is -0.178. The molecule has 0 aliphatic carbocycles. The lowest BCUT2D eigenvalue weighted by molar-refractivity contribution is -0.114. The van der Waals surface area contributed by atoms with Gasteiger partial charge < -0.3 is 15.0 Å². The van der Waals surface area contributed by atoms with Crippen LogP contribution in [0.3, 0.4) is 0 Å². The number of aromatic nitrogens is 1. The SMILES string of the molecule is CCCCCCCCCCCc1ccc(C=C2N=C(C(=O)NCC)C=C2OC)[nH]1. The van der Waals surface area contributed by atoms with Crippen molar-refractivity contribution in [1.82, 2.24) is 10.3 Å². The Labute approximate surface area is 175 Å². The number of nitrogens with zero attached hydrogens (tertiary/aromatic N) is 1. The summed E-state index contributed by atoms with van der Waals surface area (Å²) in [5.41, 5.74) is 3.28. The molecule has 5 nitrogen and oxygen atoms in total. The molecule has 1 aromatic rings. The van der Waals surface area contributed by atoms with E-state index in [2.05, 4.69) is 34.3 Å². The number of carbonyl (C=O) groups excluding carboxylic acids is 1. The molecule has 2 N–H and O–H groups in total. The number of methoxy groups -OCH3 is 1. The van der Waals surface area contributed by atoms with Crippen LogP contribution >= 0.6 is 0 Å². The zero-order chi connectivity index (χ0) is 20.9. The first-order chi connectivity index (χ1) is 14.2. The second kappa shape index (κ2) is 13.0. The van der Waals surface area contributed by atoms with E-state index in [4.69, 9.17) is 4.74 Å². The maximum absolute atomic E-state index is 12.0. The Morgan fingerprint density at radius 1 is 1.07 bits per heavy atom. The summed E-state index contributed by atoms with van der Waals surface area (Å²) >= 11 is 0. The second-order valence-electron chi connectivity index (χ2n) is 7.62. The van der Waals surface area contributed by atoms with Crippen molar-refractivity contribution in [1.29, 1.82) is 0 Å². The van der Waals surface area contributed by atoms with Gasteiger partial charge in [0.2, 0.25) is 0 Å². The highest BCUT2D eigenvalue weighted by molar-refractivity contribution is 6.44. The van der Waals surface area contributed by atoms with E-state index in [9.17, 15) is 4.79 Å². The van der Waals surface area contributed by atoms with Gasteiger partial charge in [-0.1, -0.05) is 58.3 Å². The van der Waals surface area contributed by atoms with Crippen molar-refractivity contribution in [2.45, 2.75) is 78.1 Å². The Hall–Kier alpha value is -2.30. The van der Waals surface area contributed by atoms with Crippen LogP contribution in [0.15, 0.2) is 34.7 Å². The number of amides is 1. The fourth-order valence-electron chi connectivity index (χ4n) is 3.51. The van der Waals surface area contributed by atoms with Crippen molar-refractivity contribution in [3.05, 3.63) is 41.1 Å². The lowest BCUT2D eigenvalue weighted by Gasteiger charge is -2.02. The first-order valence-electron chi connectivity index (χ1n) is 11.2. The van der Waals surface area contributed by atoms with E-state index in [0.29, 0.717) is 23.7 Å². The topological polar surface area (TPSA) is 66.5 Å². The molecule has 0 radical (unpaired) electrons. The van der Waals surface area contributed by atoms with Crippen LogP contribution in [0, 0.1) is 0 Å². The number of hydrogen-bond donors (Lipinski definition) is 2. The number of nitrogens with one attached hydrogen (secondary N) is 2. The zero-order valence-corrected chi connectivity index (χ0v) is 18.4. The summed E-state index contributed by atoms with van der Waals surface area (Å²) in [6, 6.07) is 4.19. The lowest BCUT2D eigenvalue weighted by atomic mass is 10.1. The minimum absolute atomic E-state index is 0.178. The predicted octanol–water partition coefficient (Wildman–Crippen LogP) is 5.55. The number of rotatable bonds is 14. The summed E-state index contributed by atoms with van der Waals surface area (Å²) in [4.78, 5) is 19.9. The molecule has 0 atom stereocenters. The summed E-state index contributed by atoms with van der Waals surface area (Å²) in [6.07, 6.45) is 16.8. The van der Waals surface area contributed by atoms with E-state index in [0.717, 1.165) is 12.1 Å². The van der Waals surface area contributed by atoms with Crippen LogP contribution in [0.1, 0.15) is 83.0 Å². The van der Waals surface area contributed by atoms with Gasteiger partial charge in [-0.2, -0.15) is 0 Å². The standard InChI is InChI=1S/C24H37N3O2/c1-4-6-7-8-9-10-11-12-13-14-19-15-16-20(26-19)17-21-23(29-3)18-22(27-21)24(28)25-5-2/h15-18,26H,4-14H2,1-3H3,(H,25,28). The molecule has 0 saturated carbocycles. The molecular weight excluding hydrogens is 362 g/mol. The highest BCUT2D eigenvalue weighted by atomic mass is 16.5. The third-order valence-electron chi connectivity index (χ3n) is 5.16. The molecule has 160 valence electrons. The summed E-state index contributed by atoms with van der Waals surface area (Å²) in [7, 11) is 1.60. The van der Waals surface area contributed by atoms with Gasteiger partial charge in [-0.3, -0.25) is 4.79 Å². The van der Waals surface area contributed by atoms with Crippen molar-refractivity contribution in [3.63, 3.8) is 0 Å². The third kappa shape index (κ3) is 7.92. The Kier molecular flexibility index (Phi) is 10.3. The number of H-pyrrole nitrogens is 1. The first-order valence-corrected chi connectivity index (χ1v) is 11.2. The van der Waals surface area contributed by atoms with Crippen LogP contribution < -0.4 is 5.32 Å². The van der Waals surface area contributed by atoms with Gasteiger partial charge in [0, 0.05) is 24.0 Å². The van der Waals surface area contributed by atoms with Gasteiger partial charge in [0.1, 0.15) is 17.2 Å². The summed E-state index contributed by atoms with van der Waals surface area (Å²) < 4.78 is 5.38. The molecular formula is C24H37N3O2. The Morgan fingerprint density at radius 2 is 1.76 bits per heavy atom. The fraction of sp³-hybridized carbons (Fsp3) is 0.583. The van der Waals surface area contributed by atoms with E-state index >= 15 is 0 Å². The molecule has 0 unspecified atom stereocenters. The number of unbranched alkanes of at least 4 members (excludes halogenated alkanes) is 8. The minimum Gasteiger partial charge on any atom is -0.494 e. The van der Waals surface area contributed by atoms with Crippen LogP contribution in [0.25, 0.3) is 6.08 Å². The number of hydrogen-bond acceptors (Lipinski definition) is 3. The van der Waals surface area contributed by atoms with Crippen molar-refractivity contribution >= 4 is 17.7 Å². The van der Waals surface area contributed by atoms with E-state index in [1.165, 1.54) is 63.5 Å². The maximum Gasteiger partial charge on any atom is 0.270 e. The molecule has 0 spiro atoms. The highest BCUT2D eigenvalue weighted by Gasteiger charge is 2.20. The lowest BCUT2D eigenvalue weighted by Crippen LogP contribution is -2.28. The maximum atomic E-state index is 12.0. The van der Waals surface area contributed by atoms with Crippen molar-refractivity contribution in [2.24, 2.45) is 4.99 Å². The van der Waals surface area contributed by atoms with Gasteiger partial charge in [0.15, 0.2) is 0 Å². The van der Waals surface area contributed by atoms with Gasteiger partial charge in [0.25, 0.3) is 5.91 Å². The van der Waals surface area contributed by atoms with E-state index in [1.54, 1.807) is 13.2 Å². The monoisotopic (exact) mass is 399 g/mol. The molecule has 2 heterocycles. The molecule has 0 saturated heterocycles. The molecule has 1 aromatic heterocycles. The van der Waals surface area contributed by atoms with E-state index in [1.807, 2.05) is 13.0 Å². The number of aryl methyl sites for hydroxylation is 1. The Morgan fingerprint density at radius 3 is 2.41 bits per heavy atom. The number of carbonyl (C=O) groups is 1. The third-order valence-corrected chi connectivity index (χ3v) is 5.16. The van der Waals surface area contributed by atoms with Crippen LogP contribution in [0.5, 0.6) is 0 Å². The number of ether oxygens (including phenoxy) is 1. The zero-order valence-electron chi connectivity index (χ0n) is 18.4. The smallest absolute Gasteiger partial charge is 0.270 e. The predicted molar refractivity (Wildman–Crippen MR) is 121 cm³/mol. The Balaban J connectivity index is 1.78. The normalized spacial score (nSPS) is 14.8. The second-order valence-corrected chi connectivity index (χ2v) is 7.62. The van der Waals surface area contributed by atoms with Crippen LogP contribution in [0.2, 0.25) is 0 Å². The van der Waals surface area contributed by atoms with Crippen molar-refractivity contribution in [2.75, 3.05) is 13.7 Å². The molecule has 0 bridgehead atoms. The summed E-state index contributed by atoms with van der Waals surface area (Å²) in [5, 5.41) is 2.77. The Bertz CT molecular complexity index is 728. The van der Waals surface area contributed by atoms with Crippen molar-refractivity contribution < 1.29 is 9.53 Å². The molecule has 1 amide bonds. The summed E-state index contributed by atoms with van der Waals surface area (Å²) in [5.74, 6) is 0.435. The first kappa shape index (κ1) is 23.0. The van der Waals surface area contributed by atoms with E-state index in [-0.39, 0.29) is 5.91 Å². The number of aliphatic imine (C=N–C) groups is 1. The number of aromatic amines is 1. The average Bonchev–Trinajstić information content (AvgIpc) is 3.34. The quantitative estimate of drug-likeness (QED) is 0.403. The van der Waals surface area contributed by atoms with Gasteiger partial charge in [-0.25, -0.2) is 4.99 Å². The van der Waals surface area contributed by atoms with Crippen LogP contribution in [-0.4, -0.2) is 30.3 Å². The van der Waals surface area contributed by atoms with Crippen LogP contribution in [-0.2, 0) is 16.0 Å². The molecule has 2 rings (SSSR count). The molecule has 5 heteroatoms. The van der Waals surface area contributed by atoms with E-state index < -0.39 is 0 Å². The van der Waals surface area contributed by atoms with Crippen LogP contribution in [0.4, 0.5) is 0 Å². The largest absolute Gasteiger partial charge is 0.494 e.